The summed E-state index contributed by atoms with van der Waals surface area (Å²) in [6, 6.07) is 5.59. The van der Waals surface area contributed by atoms with Crippen LogP contribution < -0.4 is 5.32 Å². The van der Waals surface area contributed by atoms with Gasteiger partial charge in [0.1, 0.15) is 0 Å². The summed E-state index contributed by atoms with van der Waals surface area (Å²) in [6.45, 7) is 5.47. The molecule has 0 bridgehead atoms. The molecule has 2 unspecified atom stereocenters. The van der Waals surface area contributed by atoms with Gasteiger partial charge in [0.15, 0.2) is 9.84 Å². The number of amides is 1. The first kappa shape index (κ1) is 21.7. The second-order valence-electron chi connectivity index (χ2n) is 7.71. The van der Waals surface area contributed by atoms with Crippen LogP contribution in [0.15, 0.2) is 29.2 Å². The summed E-state index contributed by atoms with van der Waals surface area (Å²) in [5.41, 5.74) is -1.11. The zero-order valence-corrected chi connectivity index (χ0v) is 16.6. The Morgan fingerprint density at radius 3 is 2.30 bits per heavy atom. The number of benzene rings is 1. The molecule has 0 saturated heterocycles. The van der Waals surface area contributed by atoms with Crippen molar-refractivity contribution in [3.05, 3.63) is 24.3 Å². The molecular weight excluding hydrogens is 379 g/mol. The van der Waals surface area contributed by atoms with Crippen LogP contribution in [0.2, 0.25) is 0 Å². The van der Waals surface area contributed by atoms with E-state index in [1.165, 1.54) is 24.3 Å². The second-order valence-corrected chi connectivity index (χ2v) is 9.75. The summed E-state index contributed by atoms with van der Waals surface area (Å²) in [5, 5.41) is 2.54. The van der Waals surface area contributed by atoms with Crippen molar-refractivity contribution in [3.63, 3.8) is 0 Å². The number of rotatable bonds is 8. The van der Waals surface area contributed by atoms with Crippen molar-refractivity contribution in [3.8, 4) is 0 Å². The molecule has 152 valence electrons. The Bertz CT molecular complexity index is 772. The van der Waals surface area contributed by atoms with Crippen molar-refractivity contribution in [1.29, 1.82) is 0 Å². The number of halogens is 3. The summed E-state index contributed by atoms with van der Waals surface area (Å²) in [7, 11) is -3.42. The number of sulfone groups is 1. The van der Waals surface area contributed by atoms with Crippen molar-refractivity contribution in [2.24, 2.45) is 17.3 Å². The number of hydrogen-bond donors (Lipinski definition) is 1. The van der Waals surface area contributed by atoms with Crippen molar-refractivity contribution >= 4 is 21.4 Å². The molecule has 1 N–H and O–H groups in total. The van der Waals surface area contributed by atoms with E-state index in [0.29, 0.717) is 18.5 Å². The Balaban J connectivity index is 2.13. The Morgan fingerprint density at radius 1 is 1.26 bits per heavy atom. The van der Waals surface area contributed by atoms with Gasteiger partial charge in [0.25, 0.3) is 0 Å². The van der Waals surface area contributed by atoms with Crippen LogP contribution in [0.25, 0.3) is 0 Å². The highest BCUT2D eigenvalue weighted by molar-refractivity contribution is 7.91. The van der Waals surface area contributed by atoms with E-state index in [4.69, 9.17) is 0 Å². The molecule has 1 aromatic carbocycles. The summed E-state index contributed by atoms with van der Waals surface area (Å²) in [5.74, 6) is -2.27. The van der Waals surface area contributed by atoms with Crippen LogP contribution in [0.4, 0.5) is 18.9 Å². The minimum absolute atomic E-state index is 0.00605. The Hall–Kier alpha value is -1.57. The maximum atomic E-state index is 13.1. The number of carbonyl (C=O) groups excluding carboxylic acids is 1. The van der Waals surface area contributed by atoms with Gasteiger partial charge in [-0.3, -0.25) is 4.79 Å². The Labute approximate surface area is 158 Å². The van der Waals surface area contributed by atoms with Crippen LogP contribution in [0.3, 0.4) is 0 Å². The highest BCUT2D eigenvalue weighted by Gasteiger charge is 2.69. The standard InChI is InChI=1S/C19H26F3NO3S/c1-4-5-10-18(11-16(18)19(20,21)22)17(24)23-14-6-8-15(9-7-14)27(25,26)12-13(2)3/h6-9,13,16H,4-5,10-12H2,1-3H3,(H,23,24). The molecule has 1 aromatic rings. The number of hydrogen-bond acceptors (Lipinski definition) is 3. The lowest BCUT2D eigenvalue weighted by atomic mass is 9.94. The molecule has 2 rings (SSSR count). The normalized spacial score (nSPS) is 22.7. The van der Waals surface area contributed by atoms with Gasteiger partial charge in [-0.05, 0) is 43.0 Å². The predicted molar refractivity (Wildman–Crippen MR) is 98.1 cm³/mol. The molecule has 4 nitrogen and oxygen atoms in total. The zero-order valence-electron chi connectivity index (χ0n) is 15.8. The number of alkyl halides is 3. The lowest BCUT2D eigenvalue weighted by molar-refractivity contribution is -0.160. The van der Waals surface area contributed by atoms with E-state index in [1.807, 2.05) is 6.92 Å². The third-order valence-electron chi connectivity index (χ3n) is 4.92. The quantitative estimate of drug-likeness (QED) is 0.675. The molecule has 1 fully saturated rings. The Kier molecular flexibility index (Phi) is 6.29. The summed E-state index contributed by atoms with van der Waals surface area (Å²) in [4.78, 5) is 12.7. The topological polar surface area (TPSA) is 63.2 Å². The molecule has 27 heavy (non-hydrogen) atoms. The maximum Gasteiger partial charge on any atom is 0.392 e. The SMILES string of the molecule is CCCCC1(C(=O)Nc2ccc(S(=O)(=O)CC(C)C)cc2)CC1C(F)(F)F. The molecule has 8 heteroatoms. The molecule has 0 aliphatic heterocycles. The van der Waals surface area contributed by atoms with Crippen LogP contribution in [0.5, 0.6) is 0 Å². The van der Waals surface area contributed by atoms with E-state index in [-0.39, 0.29) is 29.4 Å². The largest absolute Gasteiger partial charge is 0.392 e. The first-order valence-electron chi connectivity index (χ1n) is 9.13. The molecule has 1 saturated carbocycles. The number of anilines is 1. The van der Waals surface area contributed by atoms with Gasteiger partial charge in [-0.25, -0.2) is 8.42 Å². The monoisotopic (exact) mass is 405 g/mol. The molecule has 0 radical (unpaired) electrons. The van der Waals surface area contributed by atoms with E-state index < -0.39 is 33.3 Å². The van der Waals surface area contributed by atoms with Crippen LogP contribution in [0, 0.1) is 17.3 Å². The van der Waals surface area contributed by atoms with Crippen molar-refractivity contribution in [2.75, 3.05) is 11.1 Å². The van der Waals surface area contributed by atoms with Gasteiger partial charge in [-0.1, -0.05) is 33.6 Å². The minimum Gasteiger partial charge on any atom is -0.326 e. The van der Waals surface area contributed by atoms with E-state index >= 15 is 0 Å². The summed E-state index contributed by atoms with van der Waals surface area (Å²) < 4.78 is 63.7. The number of carbonyl (C=O) groups is 1. The highest BCUT2D eigenvalue weighted by atomic mass is 32.2. The molecule has 1 amide bonds. The fourth-order valence-electron chi connectivity index (χ4n) is 3.40. The first-order valence-corrected chi connectivity index (χ1v) is 10.8. The Morgan fingerprint density at radius 2 is 1.85 bits per heavy atom. The van der Waals surface area contributed by atoms with Crippen molar-refractivity contribution in [1.82, 2.24) is 0 Å². The van der Waals surface area contributed by atoms with Gasteiger partial charge in [-0.15, -0.1) is 0 Å². The van der Waals surface area contributed by atoms with E-state index in [1.54, 1.807) is 13.8 Å². The van der Waals surface area contributed by atoms with Gasteiger partial charge in [0.2, 0.25) is 5.91 Å². The lowest BCUT2D eigenvalue weighted by Crippen LogP contribution is -2.30. The zero-order chi connectivity index (χ0) is 20.5. The highest BCUT2D eigenvalue weighted by Crippen LogP contribution is 2.63. The molecule has 1 aliphatic rings. The third-order valence-corrected chi connectivity index (χ3v) is 7.02. The van der Waals surface area contributed by atoms with Crippen LogP contribution >= 0.6 is 0 Å². The first-order chi connectivity index (χ1) is 12.4. The van der Waals surface area contributed by atoms with Gasteiger partial charge in [0.05, 0.1) is 22.0 Å². The van der Waals surface area contributed by atoms with Crippen molar-refractivity contribution < 1.29 is 26.4 Å². The smallest absolute Gasteiger partial charge is 0.326 e. The molecule has 2 atom stereocenters. The van der Waals surface area contributed by atoms with Crippen molar-refractivity contribution in [2.45, 2.75) is 57.5 Å². The maximum absolute atomic E-state index is 13.1. The summed E-state index contributed by atoms with van der Waals surface area (Å²) >= 11 is 0. The average Bonchev–Trinajstić information content (AvgIpc) is 3.29. The van der Waals surface area contributed by atoms with E-state index in [9.17, 15) is 26.4 Å². The van der Waals surface area contributed by atoms with Gasteiger partial charge in [0, 0.05) is 5.69 Å². The minimum atomic E-state index is -4.39. The van der Waals surface area contributed by atoms with Gasteiger partial charge < -0.3 is 5.32 Å². The van der Waals surface area contributed by atoms with Gasteiger partial charge in [-0.2, -0.15) is 13.2 Å². The molecule has 1 aliphatic carbocycles. The molecule has 0 heterocycles. The predicted octanol–water partition coefficient (Wildman–Crippen LogP) is 4.81. The average molecular weight is 405 g/mol. The van der Waals surface area contributed by atoms with Crippen LogP contribution in [-0.4, -0.2) is 26.3 Å². The molecule has 0 spiro atoms. The van der Waals surface area contributed by atoms with Crippen LogP contribution in [-0.2, 0) is 14.6 Å². The van der Waals surface area contributed by atoms with E-state index in [2.05, 4.69) is 5.32 Å². The number of unbranched alkanes of at least 4 members (excludes halogenated alkanes) is 1. The third kappa shape index (κ3) is 5.03. The second kappa shape index (κ2) is 7.81. The molecular formula is C19H26F3NO3S. The fourth-order valence-corrected chi connectivity index (χ4v) is 5.02. The van der Waals surface area contributed by atoms with Crippen LogP contribution in [0.1, 0.15) is 46.5 Å². The molecule has 0 aromatic heterocycles. The van der Waals surface area contributed by atoms with Gasteiger partial charge >= 0.3 is 6.18 Å². The summed E-state index contributed by atoms with van der Waals surface area (Å²) in [6.07, 6.45) is -3.13. The fraction of sp³-hybridized carbons (Fsp3) is 0.632. The van der Waals surface area contributed by atoms with E-state index in [0.717, 1.165) is 0 Å². The number of nitrogens with one attached hydrogen (secondary N) is 1. The lowest BCUT2D eigenvalue weighted by Gasteiger charge is -2.18.